The molecular weight excluding hydrogens is 170 g/mol. The summed E-state index contributed by atoms with van der Waals surface area (Å²) in [6.07, 6.45) is 5.86. The van der Waals surface area contributed by atoms with Gasteiger partial charge in [0.1, 0.15) is 0 Å². The first kappa shape index (κ1) is 8.70. The summed E-state index contributed by atoms with van der Waals surface area (Å²) in [4.78, 5) is 4.21. The van der Waals surface area contributed by atoms with Crippen LogP contribution in [0.1, 0.15) is 11.3 Å². The molecular formula is C13H11N. The number of pyridine rings is 1. The average Bonchev–Trinajstić information content (AvgIpc) is 2.29. The van der Waals surface area contributed by atoms with E-state index < -0.39 is 0 Å². The third kappa shape index (κ3) is 2.30. The van der Waals surface area contributed by atoms with Crippen molar-refractivity contribution in [3.63, 3.8) is 0 Å². The standard InChI is InChI=1S/C13H11N/c1-2-6-12(7-3-1)9-10-13-8-4-5-11-14-13/h1-11H/b10-9+. The van der Waals surface area contributed by atoms with Gasteiger partial charge in [0, 0.05) is 6.20 Å². The van der Waals surface area contributed by atoms with Gasteiger partial charge in [-0.2, -0.15) is 0 Å². The summed E-state index contributed by atoms with van der Waals surface area (Å²) in [5.41, 5.74) is 2.18. The fourth-order valence-corrected chi connectivity index (χ4v) is 1.22. The summed E-state index contributed by atoms with van der Waals surface area (Å²) in [6, 6.07) is 16.1. The van der Waals surface area contributed by atoms with Crippen molar-refractivity contribution in [1.29, 1.82) is 0 Å². The van der Waals surface area contributed by atoms with E-state index >= 15 is 0 Å². The Kier molecular flexibility index (Phi) is 2.72. The molecule has 2 rings (SSSR count). The normalized spacial score (nSPS) is 10.6. The molecule has 0 aliphatic heterocycles. The van der Waals surface area contributed by atoms with Gasteiger partial charge >= 0.3 is 0 Å². The maximum absolute atomic E-state index is 4.21. The monoisotopic (exact) mass is 181 g/mol. The Bertz CT molecular complexity index is 362. The summed E-state index contributed by atoms with van der Waals surface area (Å²) >= 11 is 0. The SMILES string of the molecule is C(=C\c1ccccn1)/c1ccccc1. The van der Waals surface area contributed by atoms with Crippen LogP contribution in [0.15, 0.2) is 54.7 Å². The van der Waals surface area contributed by atoms with E-state index in [0.717, 1.165) is 5.69 Å². The first-order valence-electron chi connectivity index (χ1n) is 4.59. The van der Waals surface area contributed by atoms with Crippen LogP contribution in [0.5, 0.6) is 0 Å². The fourth-order valence-electron chi connectivity index (χ4n) is 1.22. The van der Waals surface area contributed by atoms with Gasteiger partial charge in [-0.25, -0.2) is 0 Å². The Labute approximate surface area is 83.7 Å². The molecule has 0 bridgehead atoms. The van der Waals surface area contributed by atoms with Crippen molar-refractivity contribution < 1.29 is 0 Å². The highest BCUT2D eigenvalue weighted by molar-refractivity contribution is 5.67. The van der Waals surface area contributed by atoms with Crippen LogP contribution in [0.4, 0.5) is 0 Å². The molecule has 1 heterocycles. The average molecular weight is 181 g/mol. The molecule has 1 aromatic heterocycles. The van der Waals surface area contributed by atoms with Crippen LogP contribution in [-0.2, 0) is 0 Å². The van der Waals surface area contributed by atoms with E-state index in [9.17, 15) is 0 Å². The van der Waals surface area contributed by atoms with Gasteiger partial charge in [0.2, 0.25) is 0 Å². The molecule has 0 unspecified atom stereocenters. The highest BCUT2D eigenvalue weighted by atomic mass is 14.6. The fraction of sp³-hybridized carbons (Fsp3) is 0. The lowest BCUT2D eigenvalue weighted by atomic mass is 10.2. The molecule has 68 valence electrons. The smallest absolute Gasteiger partial charge is 0.0629 e. The Morgan fingerprint density at radius 2 is 1.57 bits per heavy atom. The van der Waals surface area contributed by atoms with Crippen molar-refractivity contribution in [2.45, 2.75) is 0 Å². The first-order valence-corrected chi connectivity index (χ1v) is 4.59. The third-order valence-electron chi connectivity index (χ3n) is 1.93. The molecule has 2 aromatic rings. The maximum Gasteiger partial charge on any atom is 0.0629 e. The van der Waals surface area contributed by atoms with Crippen LogP contribution in [0.3, 0.4) is 0 Å². The summed E-state index contributed by atoms with van der Waals surface area (Å²) in [5, 5.41) is 0. The lowest BCUT2D eigenvalue weighted by molar-refractivity contribution is 1.30. The summed E-state index contributed by atoms with van der Waals surface area (Å²) in [5.74, 6) is 0. The van der Waals surface area contributed by atoms with Gasteiger partial charge in [0.15, 0.2) is 0 Å². The number of hydrogen-bond acceptors (Lipinski definition) is 1. The van der Waals surface area contributed by atoms with E-state index in [0.29, 0.717) is 0 Å². The highest BCUT2D eigenvalue weighted by Crippen LogP contribution is 2.04. The molecule has 0 saturated carbocycles. The molecule has 0 aliphatic rings. The minimum atomic E-state index is 0.983. The largest absolute Gasteiger partial charge is 0.257 e. The molecule has 0 saturated heterocycles. The lowest BCUT2D eigenvalue weighted by Crippen LogP contribution is -1.76. The van der Waals surface area contributed by atoms with Gasteiger partial charge in [0.05, 0.1) is 5.69 Å². The van der Waals surface area contributed by atoms with Crippen molar-refractivity contribution in [2.75, 3.05) is 0 Å². The summed E-state index contributed by atoms with van der Waals surface area (Å²) < 4.78 is 0. The second-order valence-electron chi connectivity index (χ2n) is 3.00. The van der Waals surface area contributed by atoms with E-state index in [-0.39, 0.29) is 0 Å². The van der Waals surface area contributed by atoms with Gasteiger partial charge < -0.3 is 0 Å². The highest BCUT2D eigenvalue weighted by Gasteiger charge is 1.85. The Hall–Kier alpha value is -1.89. The summed E-state index contributed by atoms with van der Waals surface area (Å²) in [6.45, 7) is 0. The van der Waals surface area contributed by atoms with Crippen LogP contribution in [0, 0.1) is 0 Å². The second-order valence-corrected chi connectivity index (χ2v) is 3.00. The molecule has 1 heteroatoms. The van der Waals surface area contributed by atoms with E-state index in [2.05, 4.69) is 23.2 Å². The molecule has 1 nitrogen and oxygen atoms in total. The Morgan fingerprint density at radius 1 is 0.786 bits per heavy atom. The molecule has 0 radical (unpaired) electrons. The molecule has 0 spiro atoms. The quantitative estimate of drug-likeness (QED) is 0.693. The lowest BCUT2D eigenvalue weighted by Gasteiger charge is -1.92. The van der Waals surface area contributed by atoms with E-state index in [1.54, 1.807) is 6.20 Å². The third-order valence-corrected chi connectivity index (χ3v) is 1.93. The molecule has 0 fully saturated rings. The van der Waals surface area contributed by atoms with Crippen LogP contribution in [-0.4, -0.2) is 4.98 Å². The van der Waals surface area contributed by atoms with Crippen LogP contribution < -0.4 is 0 Å². The number of aromatic nitrogens is 1. The zero-order valence-electron chi connectivity index (χ0n) is 7.80. The van der Waals surface area contributed by atoms with Crippen LogP contribution >= 0.6 is 0 Å². The second kappa shape index (κ2) is 4.38. The molecule has 0 amide bonds. The Balaban J connectivity index is 2.16. The van der Waals surface area contributed by atoms with Gasteiger partial charge in [-0.1, -0.05) is 42.5 Å². The van der Waals surface area contributed by atoms with Gasteiger partial charge in [-0.15, -0.1) is 0 Å². The molecule has 14 heavy (non-hydrogen) atoms. The van der Waals surface area contributed by atoms with Crippen molar-refractivity contribution in [1.82, 2.24) is 4.98 Å². The summed E-state index contributed by atoms with van der Waals surface area (Å²) in [7, 11) is 0. The zero-order chi connectivity index (χ0) is 9.64. The first-order chi connectivity index (χ1) is 6.95. The zero-order valence-corrected chi connectivity index (χ0v) is 7.80. The van der Waals surface area contributed by atoms with Gasteiger partial charge in [0.25, 0.3) is 0 Å². The Morgan fingerprint density at radius 3 is 2.29 bits per heavy atom. The molecule has 1 aromatic carbocycles. The van der Waals surface area contributed by atoms with Gasteiger partial charge in [-0.3, -0.25) is 4.98 Å². The van der Waals surface area contributed by atoms with Crippen molar-refractivity contribution >= 4 is 12.2 Å². The molecule has 0 aliphatic carbocycles. The minimum Gasteiger partial charge on any atom is -0.257 e. The van der Waals surface area contributed by atoms with E-state index in [1.807, 2.05) is 42.5 Å². The van der Waals surface area contributed by atoms with Crippen molar-refractivity contribution in [3.8, 4) is 0 Å². The predicted molar refractivity (Wildman–Crippen MR) is 59.6 cm³/mol. The van der Waals surface area contributed by atoms with Gasteiger partial charge in [-0.05, 0) is 23.8 Å². The van der Waals surface area contributed by atoms with Crippen LogP contribution in [0.2, 0.25) is 0 Å². The number of hydrogen-bond donors (Lipinski definition) is 0. The number of benzene rings is 1. The predicted octanol–water partition coefficient (Wildman–Crippen LogP) is 3.25. The maximum atomic E-state index is 4.21. The topological polar surface area (TPSA) is 12.9 Å². The number of rotatable bonds is 2. The number of nitrogens with zero attached hydrogens (tertiary/aromatic N) is 1. The molecule has 0 N–H and O–H groups in total. The molecule has 0 atom stereocenters. The van der Waals surface area contributed by atoms with E-state index in [4.69, 9.17) is 0 Å². The van der Waals surface area contributed by atoms with E-state index in [1.165, 1.54) is 5.56 Å². The van der Waals surface area contributed by atoms with Crippen molar-refractivity contribution in [2.24, 2.45) is 0 Å². The minimum absolute atomic E-state index is 0.983. The van der Waals surface area contributed by atoms with Crippen LogP contribution in [0.25, 0.3) is 12.2 Å². The van der Waals surface area contributed by atoms with Crippen molar-refractivity contribution in [3.05, 3.63) is 66.0 Å².